The maximum Gasteiger partial charge on any atom is 0.281 e. The van der Waals surface area contributed by atoms with Gasteiger partial charge in [0.1, 0.15) is 5.75 Å². The minimum atomic E-state index is -0.130. The molecule has 0 radical (unpaired) electrons. The third-order valence-electron chi connectivity index (χ3n) is 3.88. The van der Waals surface area contributed by atoms with Gasteiger partial charge in [0.05, 0.1) is 17.2 Å². The number of nitrogens with one attached hydrogen (secondary N) is 1. The van der Waals surface area contributed by atoms with E-state index in [9.17, 15) is 4.79 Å². The van der Waals surface area contributed by atoms with E-state index in [1.165, 1.54) is 16.9 Å². The van der Waals surface area contributed by atoms with Gasteiger partial charge in [-0.25, -0.2) is 5.43 Å². The predicted octanol–water partition coefficient (Wildman–Crippen LogP) is 3.79. The summed E-state index contributed by atoms with van der Waals surface area (Å²) in [5.41, 5.74) is 5.71. The molecule has 0 saturated carbocycles. The first-order chi connectivity index (χ1) is 11.2. The highest BCUT2D eigenvalue weighted by molar-refractivity contribution is 7.14. The van der Waals surface area contributed by atoms with E-state index < -0.39 is 0 Å². The lowest BCUT2D eigenvalue weighted by Crippen LogP contribution is -2.18. The van der Waals surface area contributed by atoms with Crippen LogP contribution < -0.4 is 10.2 Å². The third kappa shape index (κ3) is 3.62. The van der Waals surface area contributed by atoms with Crippen molar-refractivity contribution < 1.29 is 9.53 Å². The summed E-state index contributed by atoms with van der Waals surface area (Å²) >= 11 is 1.59. The number of aryl methyl sites for hydroxylation is 2. The van der Waals surface area contributed by atoms with Crippen LogP contribution in [-0.4, -0.2) is 18.2 Å². The van der Waals surface area contributed by atoms with Gasteiger partial charge >= 0.3 is 0 Å². The number of hydrogen-bond acceptors (Lipinski definition) is 4. The highest BCUT2D eigenvalue weighted by atomic mass is 32.1. The number of rotatable bonds is 5. The van der Waals surface area contributed by atoms with E-state index in [0.717, 1.165) is 34.7 Å². The van der Waals surface area contributed by atoms with Crippen molar-refractivity contribution in [2.75, 3.05) is 6.61 Å². The van der Waals surface area contributed by atoms with E-state index in [1.807, 2.05) is 44.2 Å². The summed E-state index contributed by atoms with van der Waals surface area (Å²) < 4.78 is 5.42. The normalized spacial score (nSPS) is 13.7. The quantitative estimate of drug-likeness (QED) is 0.670. The molecule has 1 amide bonds. The molecule has 0 fully saturated rings. The summed E-state index contributed by atoms with van der Waals surface area (Å²) in [5, 5.41) is 4.21. The maximum absolute atomic E-state index is 12.2. The molecule has 0 bridgehead atoms. The van der Waals surface area contributed by atoms with Gasteiger partial charge in [-0.15, -0.1) is 11.3 Å². The van der Waals surface area contributed by atoms with Gasteiger partial charge in [-0.05, 0) is 74.6 Å². The number of amides is 1. The predicted molar refractivity (Wildman–Crippen MR) is 93.6 cm³/mol. The zero-order chi connectivity index (χ0) is 16.2. The first kappa shape index (κ1) is 15.7. The van der Waals surface area contributed by atoms with Gasteiger partial charge in [-0.2, -0.15) is 5.10 Å². The van der Waals surface area contributed by atoms with Crippen molar-refractivity contribution in [2.24, 2.45) is 5.10 Å². The summed E-state index contributed by atoms with van der Waals surface area (Å²) in [5.74, 6) is 0.705. The number of carbonyl (C=O) groups is 1. The Hall–Kier alpha value is -2.14. The molecular formula is C18H20N2O2S. The molecule has 1 N–H and O–H groups in total. The standard InChI is InChI=1S/C18H20N2O2S/c1-3-22-15-9-7-13(8-10-15)12(2)19-20-18(21)17-11-14-5-4-6-16(14)23-17/h7-11H,3-6H2,1-2H3,(H,20,21)/b19-12-. The number of fused-ring (bicyclic) bond motifs is 1. The molecular weight excluding hydrogens is 308 g/mol. The minimum absolute atomic E-state index is 0.130. The molecule has 1 aliphatic carbocycles. The van der Waals surface area contributed by atoms with Crippen LogP contribution in [0.15, 0.2) is 35.4 Å². The van der Waals surface area contributed by atoms with Crippen LogP contribution in [0.25, 0.3) is 0 Å². The summed E-state index contributed by atoms with van der Waals surface area (Å²) in [4.78, 5) is 14.3. The van der Waals surface area contributed by atoms with Crippen molar-refractivity contribution in [1.29, 1.82) is 0 Å². The van der Waals surface area contributed by atoms with E-state index in [2.05, 4.69) is 10.5 Å². The number of benzene rings is 1. The molecule has 0 unspecified atom stereocenters. The van der Waals surface area contributed by atoms with E-state index in [4.69, 9.17) is 4.74 Å². The summed E-state index contributed by atoms with van der Waals surface area (Å²) in [7, 11) is 0. The highest BCUT2D eigenvalue weighted by Gasteiger charge is 2.18. The van der Waals surface area contributed by atoms with E-state index in [0.29, 0.717) is 6.61 Å². The lowest BCUT2D eigenvalue weighted by molar-refractivity contribution is 0.0959. The molecule has 0 saturated heterocycles. The first-order valence-electron chi connectivity index (χ1n) is 7.87. The topological polar surface area (TPSA) is 50.7 Å². The van der Waals surface area contributed by atoms with Crippen LogP contribution in [0.4, 0.5) is 0 Å². The van der Waals surface area contributed by atoms with E-state index >= 15 is 0 Å². The first-order valence-corrected chi connectivity index (χ1v) is 8.68. The number of hydrazone groups is 1. The average molecular weight is 328 g/mol. The van der Waals surface area contributed by atoms with Crippen molar-refractivity contribution in [2.45, 2.75) is 33.1 Å². The Kier molecular flexibility index (Phi) is 4.76. The Bertz CT molecular complexity index is 710. The molecule has 4 nitrogen and oxygen atoms in total. The number of nitrogens with zero attached hydrogens (tertiary/aromatic N) is 1. The number of ether oxygens (including phenoxy) is 1. The maximum atomic E-state index is 12.2. The molecule has 23 heavy (non-hydrogen) atoms. The van der Waals surface area contributed by atoms with Crippen LogP contribution in [0.5, 0.6) is 5.75 Å². The number of hydrogen-bond donors (Lipinski definition) is 1. The van der Waals surface area contributed by atoms with Gasteiger partial charge in [-0.3, -0.25) is 4.79 Å². The Morgan fingerprint density at radius 2 is 2.09 bits per heavy atom. The van der Waals surface area contributed by atoms with Crippen LogP contribution in [0.3, 0.4) is 0 Å². The molecule has 0 aliphatic heterocycles. The van der Waals surface area contributed by atoms with Crippen molar-refractivity contribution in [3.05, 3.63) is 51.2 Å². The molecule has 0 atom stereocenters. The molecule has 120 valence electrons. The second-order valence-corrected chi connectivity index (χ2v) is 6.64. The van der Waals surface area contributed by atoms with Gasteiger partial charge in [-0.1, -0.05) is 0 Å². The smallest absolute Gasteiger partial charge is 0.281 e. The Morgan fingerprint density at radius 1 is 1.30 bits per heavy atom. The Balaban J connectivity index is 1.64. The fourth-order valence-electron chi connectivity index (χ4n) is 2.65. The molecule has 1 aromatic heterocycles. The summed E-state index contributed by atoms with van der Waals surface area (Å²) in [6.07, 6.45) is 3.40. The zero-order valence-corrected chi connectivity index (χ0v) is 14.2. The average Bonchev–Trinajstić information content (AvgIpc) is 3.15. The molecule has 3 rings (SSSR count). The summed E-state index contributed by atoms with van der Waals surface area (Å²) in [6, 6.07) is 9.70. The third-order valence-corrected chi connectivity index (χ3v) is 5.11. The monoisotopic (exact) mass is 328 g/mol. The molecule has 1 aromatic carbocycles. The fraction of sp³-hybridized carbons (Fsp3) is 0.333. The van der Waals surface area contributed by atoms with E-state index in [-0.39, 0.29) is 5.91 Å². The van der Waals surface area contributed by atoms with Gasteiger partial charge in [0, 0.05) is 4.88 Å². The van der Waals surface area contributed by atoms with Gasteiger partial charge in [0.15, 0.2) is 0 Å². The van der Waals surface area contributed by atoms with Crippen molar-refractivity contribution >= 4 is 23.0 Å². The second-order valence-electron chi connectivity index (χ2n) is 5.51. The SMILES string of the molecule is CCOc1ccc(/C(C)=N\NC(=O)c2cc3c(s2)CCC3)cc1. The largest absolute Gasteiger partial charge is 0.494 e. The second kappa shape index (κ2) is 6.96. The fourth-order valence-corrected chi connectivity index (χ4v) is 3.80. The number of carbonyl (C=O) groups excluding carboxylic acids is 1. The molecule has 2 aromatic rings. The zero-order valence-electron chi connectivity index (χ0n) is 13.4. The Morgan fingerprint density at radius 3 is 2.78 bits per heavy atom. The number of thiophene rings is 1. The van der Waals surface area contributed by atoms with E-state index in [1.54, 1.807) is 11.3 Å². The lowest BCUT2D eigenvalue weighted by Gasteiger charge is -2.05. The van der Waals surface area contributed by atoms with Crippen LogP contribution in [0.1, 0.15) is 45.9 Å². The Labute approximate surface area is 140 Å². The summed E-state index contributed by atoms with van der Waals surface area (Å²) in [6.45, 7) is 4.48. The van der Waals surface area contributed by atoms with Crippen molar-refractivity contribution in [3.8, 4) is 5.75 Å². The van der Waals surface area contributed by atoms with Gasteiger partial charge < -0.3 is 4.74 Å². The lowest BCUT2D eigenvalue weighted by atomic mass is 10.1. The molecule has 1 aliphatic rings. The van der Waals surface area contributed by atoms with Gasteiger partial charge in [0.25, 0.3) is 5.91 Å². The minimum Gasteiger partial charge on any atom is -0.494 e. The van der Waals surface area contributed by atoms with Crippen molar-refractivity contribution in [3.63, 3.8) is 0 Å². The van der Waals surface area contributed by atoms with Crippen LogP contribution >= 0.6 is 11.3 Å². The highest BCUT2D eigenvalue weighted by Crippen LogP contribution is 2.30. The molecule has 1 heterocycles. The molecule has 5 heteroatoms. The van der Waals surface area contributed by atoms with Crippen LogP contribution in [0.2, 0.25) is 0 Å². The van der Waals surface area contributed by atoms with Crippen LogP contribution in [0, 0.1) is 0 Å². The molecule has 0 spiro atoms. The van der Waals surface area contributed by atoms with Crippen LogP contribution in [-0.2, 0) is 12.8 Å². The van der Waals surface area contributed by atoms with Gasteiger partial charge in [0.2, 0.25) is 0 Å². The van der Waals surface area contributed by atoms with Crippen molar-refractivity contribution in [1.82, 2.24) is 5.43 Å².